The Labute approximate surface area is 170 Å². The molecule has 6 nitrogen and oxygen atoms in total. The van der Waals surface area contributed by atoms with Crippen molar-refractivity contribution in [3.8, 4) is 0 Å². The van der Waals surface area contributed by atoms with E-state index in [0.29, 0.717) is 31.9 Å². The summed E-state index contributed by atoms with van der Waals surface area (Å²) in [6, 6.07) is 6.17. The van der Waals surface area contributed by atoms with Crippen LogP contribution < -0.4 is 16.0 Å². The lowest BCUT2D eigenvalue weighted by atomic mass is 9.94. The fraction of sp³-hybridized carbons (Fsp3) is 0.350. The van der Waals surface area contributed by atoms with Gasteiger partial charge in [0, 0.05) is 12.2 Å². The summed E-state index contributed by atoms with van der Waals surface area (Å²) in [5.74, 6) is -0.950. The third kappa shape index (κ3) is 5.46. The van der Waals surface area contributed by atoms with Crippen LogP contribution in [0.1, 0.15) is 31.2 Å². The molecule has 0 saturated heterocycles. The zero-order chi connectivity index (χ0) is 21.7. The SMILES string of the molecule is C=CC(=O)Nc1ccccc1Nc1nc(N[C@H]2CC[C@@H](F)CC2)ncc1C(F)(F)F. The lowest BCUT2D eigenvalue weighted by Gasteiger charge is -2.25. The minimum atomic E-state index is -4.69. The number of rotatable bonds is 6. The number of anilines is 4. The van der Waals surface area contributed by atoms with Crippen molar-refractivity contribution in [1.82, 2.24) is 9.97 Å². The van der Waals surface area contributed by atoms with Crippen LogP contribution in [0.5, 0.6) is 0 Å². The predicted molar refractivity (Wildman–Crippen MR) is 106 cm³/mol. The lowest BCUT2D eigenvalue weighted by Crippen LogP contribution is -2.27. The molecule has 10 heteroatoms. The second-order valence-corrected chi connectivity index (χ2v) is 6.91. The van der Waals surface area contributed by atoms with Crippen LogP contribution in [0.3, 0.4) is 0 Å². The van der Waals surface area contributed by atoms with Crippen molar-refractivity contribution in [2.75, 3.05) is 16.0 Å². The first kappa shape index (κ1) is 21.5. The summed E-state index contributed by atoms with van der Waals surface area (Å²) in [7, 11) is 0. The van der Waals surface area contributed by atoms with Crippen molar-refractivity contribution < 1.29 is 22.4 Å². The molecule has 0 atom stereocenters. The highest BCUT2D eigenvalue weighted by atomic mass is 19.4. The number of alkyl halides is 4. The van der Waals surface area contributed by atoms with Gasteiger partial charge in [0.2, 0.25) is 11.9 Å². The molecule has 0 aliphatic heterocycles. The highest BCUT2D eigenvalue weighted by molar-refractivity contribution is 6.01. The summed E-state index contributed by atoms with van der Waals surface area (Å²) in [5.41, 5.74) is -0.559. The molecule has 2 aromatic rings. The molecule has 1 aromatic carbocycles. The van der Waals surface area contributed by atoms with Crippen LogP contribution in [-0.2, 0) is 11.0 Å². The van der Waals surface area contributed by atoms with Gasteiger partial charge in [-0.1, -0.05) is 18.7 Å². The molecular formula is C20H21F4N5O. The number of nitrogens with zero attached hydrogens (tertiary/aromatic N) is 2. The Kier molecular flexibility index (Phi) is 6.53. The largest absolute Gasteiger partial charge is 0.421 e. The molecule has 1 saturated carbocycles. The summed E-state index contributed by atoms with van der Waals surface area (Å²) < 4.78 is 53.8. The van der Waals surface area contributed by atoms with E-state index >= 15 is 0 Å². The van der Waals surface area contributed by atoms with Gasteiger partial charge in [0.15, 0.2) is 0 Å². The number of nitrogens with one attached hydrogen (secondary N) is 3. The number of carbonyl (C=O) groups is 1. The van der Waals surface area contributed by atoms with Gasteiger partial charge in [0.1, 0.15) is 17.6 Å². The maximum Gasteiger partial charge on any atom is 0.421 e. The lowest BCUT2D eigenvalue weighted by molar-refractivity contribution is -0.137. The highest BCUT2D eigenvalue weighted by Crippen LogP contribution is 2.36. The van der Waals surface area contributed by atoms with Crippen molar-refractivity contribution >= 4 is 29.0 Å². The Morgan fingerprint density at radius 1 is 1.13 bits per heavy atom. The number of carbonyl (C=O) groups excluding carboxylic acids is 1. The van der Waals surface area contributed by atoms with Crippen LogP contribution in [0.25, 0.3) is 0 Å². The Morgan fingerprint density at radius 2 is 1.80 bits per heavy atom. The van der Waals surface area contributed by atoms with Crippen molar-refractivity contribution in [2.24, 2.45) is 0 Å². The van der Waals surface area contributed by atoms with Gasteiger partial charge in [-0.3, -0.25) is 4.79 Å². The number of para-hydroxylation sites is 2. The third-order valence-electron chi connectivity index (χ3n) is 4.71. The normalized spacial score (nSPS) is 19.1. The number of hydrogen-bond donors (Lipinski definition) is 3. The first-order valence-electron chi connectivity index (χ1n) is 9.40. The second-order valence-electron chi connectivity index (χ2n) is 6.91. The molecule has 1 aliphatic carbocycles. The van der Waals surface area contributed by atoms with Gasteiger partial charge in [0.05, 0.1) is 11.4 Å². The summed E-state index contributed by atoms with van der Waals surface area (Å²) in [5, 5.41) is 8.15. The molecular weight excluding hydrogens is 402 g/mol. The van der Waals surface area contributed by atoms with E-state index in [1.807, 2.05) is 0 Å². The van der Waals surface area contributed by atoms with E-state index in [9.17, 15) is 22.4 Å². The Balaban J connectivity index is 1.88. The van der Waals surface area contributed by atoms with E-state index < -0.39 is 29.6 Å². The second kappa shape index (κ2) is 9.10. The number of hydrogen-bond acceptors (Lipinski definition) is 5. The van der Waals surface area contributed by atoms with Crippen LogP contribution in [-0.4, -0.2) is 28.1 Å². The number of aromatic nitrogens is 2. The maximum atomic E-state index is 13.5. The topological polar surface area (TPSA) is 78.9 Å². The number of benzene rings is 1. The quantitative estimate of drug-likeness (QED) is 0.447. The Hall–Kier alpha value is -3.17. The standard InChI is InChI=1S/C20H21F4N5O/c1-2-17(30)27-15-5-3-4-6-16(15)28-18-14(20(22,23)24)11-25-19(29-18)26-13-9-7-12(21)8-10-13/h2-6,11-13H,1,7-10H2,(H,27,30)(H2,25,26,28,29)/t12-,13+. The average molecular weight is 423 g/mol. The van der Waals surface area contributed by atoms with Crippen LogP contribution in [0.15, 0.2) is 43.1 Å². The van der Waals surface area contributed by atoms with Crippen molar-refractivity contribution in [2.45, 2.75) is 44.1 Å². The van der Waals surface area contributed by atoms with Crippen LogP contribution in [0.4, 0.5) is 40.7 Å². The molecule has 1 amide bonds. The van der Waals surface area contributed by atoms with Crippen LogP contribution in [0.2, 0.25) is 0 Å². The molecule has 1 aliphatic rings. The first-order chi connectivity index (χ1) is 14.3. The van der Waals surface area contributed by atoms with E-state index in [2.05, 4.69) is 32.5 Å². The van der Waals surface area contributed by atoms with Gasteiger partial charge in [-0.2, -0.15) is 18.2 Å². The molecule has 1 heterocycles. The zero-order valence-corrected chi connectivity index (χ0v) is 16.0. The van der Waals surface area contributed by atoms with E-state index in [1.54, 1.807) is 12.1 Å². The molecule has 0 radical (unpaired) electrons. The van der Waals surface area contributed by atoms with E-state index in [-0.39, 0.29) is 23.4 Å². The molecule has 1 aromatic heterocycles. The average Bonchev–Trinajstić information content (AvgIpc) is 2.70. The highest BCUT2D eigenvalue weighted by Gasteiger charge is 2.35. The molecule has 160 valence electrons. The van der Waals surface area contributed by atoms with Gasteiger partial charge in [0.25, 0.3) is 0 Å². The van der Waals surface area contributed by atoms with E-state index in [1.165, 1.54) is 12.1 Å². The van der Waals surface area contributed by atoms with E-state index in [0.717, 1.165) is 6.08 Å². The molecule has 0 unspecified atom stereocenters. The van der Waals surface area contributed by atoms with Crippen molar-refractivity contribution in [1.29, 1.82) is 0 Å². The minimum absolute atomic E-state index is 0.0143. The Morgan fingerprint density at radius 3 is 2.43 bits per heavy atom. The predicted octanol–water partition coefficient (Wildman–Crippen LogP) is 5.06. The molecule has 1 fully saturated rings. The minimum Gasteiger partial charge on any atom is -0.351 e. The summed E-state index contributed by atoms with van der Waals surface area (Å²) in [4.78, 5) is 19.4. The van der Waals surface area contributed by atoms with Crippen LogP contribution in [0, 0.1) is 0 Å². The smallest absolute Gasteiger partial charge is 0.351 e. The fourth-order valence-corrected chi connectivity index (χ4v) is 3.15. The summed E-state index contributed by atoms with van der Waals surface area (Å²) in [6.45, 7) is 3.35. The van der Waals surface area contributed by atoms with Crippen molar-refractivity contribution in [3.63, 3.8) is 0 Å². The zero-order valence-electron chi connectivity index (χ0n) is 16.0. The van der Waals surface area contributed by atoms with Crippen molar-refractivity contribution in [3.05, 3.63) is 48.7 Å². The number of amides is 1. The molecule has 0 bridgehead atoms. The van der Waals surface area contributed by atoms with Gasteiger partial charge < -0.3 is 16.0 Å². The summed E-state index contributed by atoms with van der Waals surface area (Å²) in [6.07, 6.45) is -1.92. The van der Waals surface area contributed by atoms with Gasteiger partial charge in [-0.05, 0) is 43.9 Å². The molecule has 0 spiro atoms. The summed E-state index contributed by atoms with van der Waals surface area (Å²) >= 11 is 0. The van der Waals surface area contributed by atoms with Crippen LogP contribution >= 0.6 is 0 Å². The monoisotopic (exact) mass is 423 g/mol. The molecule has 3 rings (SSSR count). The van der Waals surface area contributed by atoms with Gasteiger partial charge in [-0.25, -0.2) is 9.37 Å². The molecule has 30 heavy (non-hydrogen) atoms. The van der Waals surface area contributed by atoms with Gasteiger partial charge >= 0.3 is 6.18 Å². The number of halogens is 4. The fourth-order valence-electron chi connectivity index (χ4n) is 3.15. The van der Waals surface area contributed by atoms with E-state index in [4.69, 9.17) is 0 Å². The third-order valence-corrected chi connectivity index (χ3v) is 4.71. The first-order valence-corrected chi connectivity index (χ1v) is 9.40. The Bertz CT molecular complexity index is 910. The molecule has 3 N–H and O–H groups in total. The van der Waals surface area contributed by atoms with Gasteiger partial charge in [-0.15, -0.1) is 0 Å². The maximum absolute atomic E-state index is 13.5.